The zero-order valence-corrected chi connectivity index (χ0v) is 7.46. The minimum atomic E-state index is 0.449. The lowest BCUT2D eigenvalue weighted by Crippen LogP contribution is -2.32. The highest BCUT2D eigenvalue weighted by atomic mass is 15.2. The standard InChI is InChI=1S/C10H13N3/c1-2-7-3-4-8-10(13-6-12-8)9(7)11-5-1/h1-2,5,8,10,12-13H,3-4,6H2. The summed E-state index contributed by atoms with van der Waals surface area (Å²) in [6, 6.07) is 5.27. The third-order valence-corrected chi connectivity index (χ3v) is 3.03. The molecule has 1 fully saturated rings. The number of hydrogen-bond acceptors (Lipinski definition) is 3. The first-order chi connectivity index (χ1) is 6.45. The van der Waals surface area contributed by atoms with Crippen molar-refractivity contribution in [3.63, 3.8) is 0 Å². The van der Waals surface area contributed by atoms with E-state index in [1.165, 1.54) is 24.1 Å². The van der Waals surface area contributed by atoms with E-state index < -0.39 is 0 Å². The topological polar surface area (TPSA) is 37.0 Å². The van der Waals surface area contributed by atoms with Gasteiger partial charge in [-0.05, 0) is 24.5 Å². The maximum atomic E-state index is 4.46. The molecule has 13 heavy (non-hydrogen) atoms. The summed E-state index contributed by atoms with van der Waals surface area (Å²) < 4.78 is 0. The number of hydrogen-bond donors (Lipinski definition) is 2. The lowest BCUT2D eigenvalue weighted by molar-refractivity contribution is 0.455. The summed E-state index contributed by atoms with van der Waals surface area (Å²) in [5, 5.41) is 6.89. The lowest BCUT2D eigenvalue weighted by atomic mass is 9.89. The van der Waals surface area contributed by atoms with Crippen LogP contribution in [0.15, 0.2) is 18.3 Å². The second-order valence-electron chi connectivity index (χ2n) is 3.76. The monoisotopic (exact) mass is 175 g/mol. The largest absolute Gasteiger partial charge is 0.300 e. The van der Waals surface area contributed by atoms with Gasteiger partial charge in [-0.25, -0.2) is 0 Å². The first kappa shape index (κ1) is 7.47. The van der Waals surface area contributed by atoms with Crippen molar-refractivity contribution in [2.45, 2.75) is 24.9 Å². The average molecular weight is 175 g/mol. The van der Waals surface area contributed by atoms with Crippen molar-refractivity contribution in [1.82, 2.24) is 15.6 Å². The van der Waals surface area contributed by atoms with Crippen LogP contribution in [0.25, 0.3) is 0 Å². The highest BCUT2D eigenvalue weighted by Crippen LogP contribution is 2.29. The molecule has 2 atom stereocenters. The Kier molecular flexibility index (Phi) is 1.60. The maximum Gasteiger partial charge on any atom is 0.0663 e. The molecule has 0 amide bonds. The minimum absolute atomic E-state index is 0.449. The molecule has 1 aromatic heterocycles. The number of nitrogens with one attached hydrogen (secondary N) is 2. The number of aromatic nitrogens is 1. The summed E-state index contributed by atoms with van der Waals surface area (Å²) in [5.74, 6) is 0. The Labute approximate surface area is 77.6 Å². The van der Waals surface area contributed by atoms with Crippen molar-refractivity contribution in [2.24, 2.45) is 0 Å². The summed E-state index contributed by atoms with van der Waals surface area (Å²) >= 11 is 0. The van der Waals surface area contributed by atoms with Crippen LogP contribution in [0.1, 0.15) is 23.7 Å². The summed E-state index contributed by atoms with van der Waals surface area (Å²) in [6.45, 7) is 0.922. The molecule has 0 aromatic carbocycles. The first-order valence-electron chi connectivity index (χ1n) is 4.86. The Morgan fingerprint density at radius 2 is 2.38 bits per heavy atom. The van der Waals surface area contributed by atoms with Crippen LogP contribution in [-0.4, -0.2) is 17.7 Å². The van der Waals surface area contributed by atoms with Crippen LogP contribution in [0, 0.1) is 0 Å². The molecule has 2 N–H and O–H groups in total. The predicted molar refractivity (Wildman–Crippen MR) is 50.2 cm³/mol. The van der Waals surface area contributed by atoms with E-state index >= 15 is 0 Å². The highest BCUT2D eigenvalue weighted by Gasteiger charge is 2.33. The smallest absolute Gasteiger partial charge is 0.0663 e. The van der Waals surface area contributed by atoms with Crippen LogP contribution in [0.2, 0.25) is 0 Å². The van der Waals surface area contributed by atoms with Gasteiger partial charge in [0.1, 0.15) is 0 Å². The van der Waals surface area contributed by atoms with Gasteiger partial charge in [0.25, 0.3) is 0 Å². The Morgan fingerprint density at radius 3 is 3.38 bits per heavy atom. The van der Waals surface area contributed by atoms with E-state index in [1.54, 1.807) is 0 Å². The molecule has 2 unspecified atom stereocenters. The predicted octanol–water partition coefficient (Wildman–Crippen LogP) is 0.588. The Bertz CT molecular complexity index is 324. The molecule has 0 bridgehead atoms. The molecule has 2 heterocycles. The normalized spacial score (nSPS) is 31.1. The van der Waals surface area contributed by atoms with Gasteiger partial charge in [0.05, 0.1) is 11.7 Å². The van der Waals surface area contributed by atoms with Gasteiger partial charge >= 0.3 is 0 Å². The van der Waals surface area contributed by atoms with Gasteiger partial charge in [0.2, 0.25) is 0 Å². The number of pyridine rings is 1. The zero-order valence-electron chi connectivity index (χ0n) is 7.46. The van der Waals surface area contributed by atoms with Crippen molar-refractivity contribution in [2.75, 3.05) is 6.67 Å². The van der Waals surface area contributed by atoms with E-state index in [1.807, 2.05) is 12.3 Å². The molecule has 3 heteroatoms. The SMILES string of the molecule is c1cnc2c(c1)CCC1NCNC21. The van der Waals surface area contributed by atoms with Crippen LogP contribution in [0.3, 0.4) is 0 Å². The fraction of sp³-hybridized carbons (Fsp3) is 0.500. The van der Waals surface area contributed by atoms with Gasteiger partial charge in [-0.3, -0.25) is 15.6 Å². The van der Waals surface area contributed by atoms with Gasteiger partial charge < -0.3 is 0 Å². The average Bonchev–Trinajstić information content (AvgIpc) is 2.65. The third-order valence-electron chi connectivity index (χ3n) is 3.03. The van der Waals surface area contributed by atoms with Crippen LogP contribution in [0.5, 0.6) is 0 Å². The molecular formula is C10H13N3. The molecule has 0 spiro atoms. The van der Waals surface area contributed by atoms with Gasteiger partial charge in [0, 0.05) is 18.9 Å². The molecule has 1 aromatic rings. The Balaban J connectivity index is 2.06. The van der Waals surface area contributed by atoms with E-state index in [0.717, 1.165) is 6.67 Å². The second kappa shape index (κ2) is 2.79. The minimum Gasteiger partial charge on any atom is -0.300 e. The van der Waals surface area contributed by atoms with E-state index in [9.17, 15) is 0 Å². The quantitative estimate of drug-likeness (QED) is 0.606. The fourth-order valence-corrected chi connectivity index (χ4v) is 2.37. The van der Waals surface area contributed by atoms with Crippen molar-refractivity contribution in [3.8, 4) is 0 Å². The molecule has 2 aliphatic rings. The van der Waals surface area contributed by atoms with E-state index in [-0.39, 0.29) is 0 Å². The summed E-state index contributed by atoms with van der Waals surface area (Å²) in [6.07, 6.45) is 4.29. The van der Waals surface area contributed by atoms with Crippen LogP contribution < -0.4 is 10.6 Å². The highest BCUT2D eigenvalue weighted by molar-refractivity contribution is 5.28. The maximum absolute atomic E-state index is 4.46. The van der Waals surface area contributed by atoms with Gasteiger partial charge in [-0.15, -0.1) is 0 Å². The fourth-order valence-electron chi connectivity index (χ4n) is 2.37. The number of nitrogens with zero attached hydrogens (tertiary/aromatic N) is 1. The van der Waals surface area contributed by atoms with Crippen LogP contribution in [-0.2, 0) is 6.42 Å². The summed E-state index contributed by atoms with van der Waals surface area (Å²) in [4.78, 5) is 4.46. The van der Waals surface area contributed by atoms with E-state index in [2.05, 4.69) is 21.7 Å². The van der Waals surface area contributed by atoms with Gasteiger partial charge in [0.15, 0.2) is 0 Å². The zero-order chi connectivity index (χ0) is 8.67. The lowest BCUT2D eigenvalue weighted by Gasteiger charge is -2.26. The molecule has 1 aliphatic carbocycles. The van der Waals surface area contributed by atoms with Crippen molar-refractivity contribution in [3.05, 3.63) is 29.6 Å². The molecule has 68 valence electrons. The first-order valence-corrected chi connectivity index (χ1v) is 4.86. The molecule has 0 radical (unpaired) electrons. The third kappa shape index (κ3) is 1.08. The van der Waals surface area contributed by atoms with Gasteiger partial charge in [-0.1, -0.05) is 6.07 Å². The van der Waals surface area contributed by atoms with Crippen molar-refractivity contribution >= 4 is 0 Å². The molecule has 1 aliphatic heterocycles. The summed E-state index contributed by atoms with van der Waals surface area (Å²) in [7, 11) is 0. The van der Waals surface area contributed by atoms with Gasteiger partial charge in [-0.2, -0.15) is 0 Å². The number of rotatable bonds is 0. The van der Waals surface area contributed by atoms with Crippen LogP contribution in [0.4, 0.5) is 0 Å². The van der Waals surface area contributed by atoms with E-state index in [4.69, 9.17) is 0 Å². The molecule has 3 nitrogen and oxygen atoms in total. The van der Waals surface area contributed by atoms with Crippen molar-refractivity contribution < 1.29 is 0 Å². The number of fused-ring (bicyclic) bond motifs is 3. The van der Waals surface area contributed by atoms with Crippen LogP contribution >= 0.6 is 0 Å². The summed E-state index contributed by atoms with van der Waals surface area (Å²) in [5.41, 5.74) is 2.67. The molecular weight excluding hydrogens is 162 g/mol. The molecule has 1 saturated heterocycles. The number of aryl methyl sites for hydroxylation is 1. The second-order valence-corrected chi connectivity index (χ2v) is 3.76. The van der Waals surface area contributed by atoms with E-state index in [0.29, 0.717) is 12.1 Å². The molecule has 3 rings (SSSR count). The Hall–Kier alpha value is -0.930. The van der Waals surface area contributed by atoms with Crippen molar-refractivity contribution in [1.29, 1.82) is 0 Å². The Morgan fingerprint density at radius 1 is 1.38 bits per heavy atom. The molecule has 0 saturated carbocycles.